The Labute approximate surface area is 244 Å². The topological polar surface area (TPSA) is 13.1 Å². The van der Waals surface area contributed by atoms with Gasteiger partial charge in [0.05, 0.1) is 11.5 Å². The summed E-state index contributed by atoms with van der Waals surface area (Å²) in [5.74, 6) is 1.88. The number of aryl methyl sites for hydroxylation is 1. The van der Waals surface area contributed by atoms with Crippen LogP contribution in [-0.4, -0.2) is 5.43 Å². The van der Waals surface area contributed by atoms with Crippen molar-refractivity contribution in [3.05, 3.63) is 102 Å². The fraction of sp³-hybridized carbons (Fsp3) is 0.258. The number of furan rings is 1. The molecule has 0 spiro atoms. The number of benzene rings is 2. The predicted molar refractivity (Wildman–Crippen MR) is 145 cm³/mol. The molecule has 0 atom stereocenters. The van der Waals surface area contributed by atoms with Crippen molar-refractivity contribution < 1.29 is 52.6 Å². The molecule has 1 nitrogen and oxygen atoms in total. The minimum Gasteiger partial charge on any atom is -1.00 e. The van der Waals surface area contributed by atoms with Crippen LogP contribution in [0.15, 0.2) is 89.4 Å². The van der Waals surface area contributed by atoms with Crippen molar-refractivity contribution in [3.8, 4) is 22.5 Å². The van der Waals surface area contributed by atoms with Crippen LogP contribution >= 0.6 is 0 Å². The molecule has 188 valence electrons. The van der Waals surface area contributed by atoms with Crippen molar-refractivity contribution in [1.82, 2.24) is 0 Å². The molecule has 0 radical (unpaired) electrons. The van der Waals surface area contributed by atoms with Crippen molar-refractivity contribution in [2.24, 2.45) is 0 Å². The Morgan fingerprint density at radius 1 is 0.972 bits per heavy atom. The first-order chi connectivity index (χ1) is 16.1. The van der Waals surface area contributed by atoms with Gasteiger partial charge in [0.25, 0.3) is 0 Å². The third-order valence-electron chi connectivity index (χ3n) is 5.42. The first-order valence-electron chi connectivity index (χ1n) is 11.8. The normalized spacial score (nSPS) is 11.6. The van der Waals surface area contributed by atoms with E-state index in [0.717, 1.165) is 23.5 Å². The van der Waals surface area contributed by atoms with Crippen LogP contribution in [0.4, 0.5) is 0 Å². The van der Waals surface area contributed by atoms with Crippen LogP contribution in [0.1, 0.15) is 38.5 Å². The molecule has 1 heterocycles. The summed E-state index contributed by atoms with van der Waals surface area (Å²) < 4.78 is 5.80. The molecule has 0 amide bonds. The van der Waals surface area contributed by atoms with Gasteiger partial charge in [-0.2, -0.15) is 6.08 Å². The Hall–Kier alpha value is -1.51. The standard InChI is InChI=1S/C24H23O.C5H5.C2H6Si.2ClH.Zr/c1-16-8-13-23(25-16)19-14-18-6-5-7-21(22(18)15-19)17-9-11-20(12-10-17)24(2,3)4;1-2-4-5-3-1;1-3-2;;;/h5-15H,1-4H3;1-3H,4H2;1-2H3;2*1H;/q2*-1;;;;+2/p-2. The van der Waals surface area contributed by atoms with Gasteiger partial charge in [-0.15, -0.1) is 35.4 Å². The number of fused-ring (bicyclic) bond motifs is 1. The summed E-state index contributed by atoms with van der Waals surface area (Å²) >= 11 is 1.74. The van der Waals surface area contributed by atoms with E-state index in [1.54, 1.807) is 23.3 Å². The van der Waals surface area contributed by atoms with Gasteiger partial charge in [0.1, 0.15) is 0 Å². The summed E-state index contributed by atoms with van der Waals surface area (Å²) in [7, 11) is 0. The average Bonchev–Trinajstić information content (AvgIpc) is 3.54. The van der Waals surface area contributed by atoms with Gasteiger partial charge in [-0.05, 0) is 35.6 Å². The van der Waals surface area contributed by atoms with Gasteiger partial charge in [-0.3, -0.25) is 6.08 Å². The third-order valence-corrected chi connectivity index (χ3v) is 5.42. The maximum Gasteiger partial charge on any atom is 0.0896 e. The van der Waals surface area contributed by atoms with E-state index in [0.29, 0.717) is 0 Å². The molecule has 0 saturated carbocycles. The summed E-state index contributed by atoms with van der Waals surface area (Å²) in [5.41, 5.74) is 5.41. The molecule has 5 rings (SSSR count). The van der Waals surface area contributed by atoms with Gasteiger partial charge in [-0.25, -0.2) is 12.2 Å². The minimum atomic E-state index is 0. The van der Waals surface area contributed by atoms with E-state index in [1.807, 2.05) is 31.2 Å². The first-order valence-corrected chi connectivity index (χ1v) is 17.9. The summed E-state index contributed by atoms with van der Waals surface area (Å²) in [4.78, 5) is 0. The van der Waals surface area contributed by atoms with Crippen molar-refractivity contribution in [2.75, 3.05) is 0 Å². The number of hydrogen-bond donors (Lipinski definition) is 0. The second-order valence-corrected chi connectivity index (χ2v) is 19.2. The van der Waals surface area contributed by atoms with E-state index in [4.69, 9.17) is 4.42 Å². The molecule has 3 aromatic carbocycles. The van der Waals surface area contributed by atoms with Crippen LogP contribution in [0.5, 0.6) is 0 Å². The Bertz CT molecular complexity index is 1290. The Kier molecular flexibility index (Phi) is 13.6. The zero-order chi connectivity index (χ0) is 24.7. The number of allylic oxidation sites excluding steroid dienone is 4. The summed E-state index contributed by atoms with van der Waals surface area (Å²) in [5, 5.41) is 2.52. The fourth-order valence-electron chi connectivity index (χ4n) is 3.71. The SMILES string of the molecule is C[Si](C)=[Zr+2].Cc1ccc(-c2cc3c(-c4ccc(C(C)(C)C)cc4)cccc3[cH-]2)o1.[C-]1=CC=CC1.[Cl-].[Cl-]. The quantitative estimate of drug-likeness (QED) is 0.251. The predicted octanol–water partition coefficient (Wildman–Crippen LogP) is 3.19. The van der Waals surface area contributed by atoms with E-state index in [9.17, 15) is 0 Å². The molecule has 0 unspecified atom stereocenters. The number of rotatable bonds is 2. The maximum atomic E-state index is 5.80. The van der Waals surface area contributed by atoms with Gasteiger partial charge in [0.2, 0.25) is 0 Å². The molecule has 0 bridgehead atoms. The Balaban J connectivity index is 0.000000504. The second kappa shape index (κ2) is 15.0. The zero-order valence-corrected chi connectivity index (χ0v) is 26.9. The van der Waals surface area contributed by atoms with Gasteiger partial charge in [0, 0.05) is 0 Å². The minimum absolute atomic E-state index is 0. The van der Waals surface area contributed by atoms with Crippen molar-refractivity contribution in [2.45, 2.75) is 52.6 Å². The third kappa shape index (κ3) is 9.42. The molecule has 5 heteroatoms. The Morgan fingerprint density at radius 2 is 1.64 bits per heavy atom. The zero-order valence-electron chi connectivity index (χ0n) is 22.0. The van der Waals surface area contributed by atoms with E-state index in [-0.39, 0.29) is 35.7 Å². The average molecular weight is 613 g/mol. The first kappa shape index (κ1) is 32.5. The van der Waals surface area contributed by atoms with Crippen molar-refractivity contribution in [3.63, 3.8) is 0 Å². The maximum absolute atomic E-state index is 5.80. The largest absolute Gasteiger partial charge is 1.00 e. The van der Waals surface area contributed by atoms with Gasteiger partial charge in [-0.1, -0.05) is 68.3 Å². The van der Waals surface area contributed by atoms with E-state index in [1.165, 1.54) is 27.5 Å². The summed E-state index contributed by atoms with van der Waals surface area (Å²) in [6.45, 7) is 13.3. The summed E-state index contributed by atoms with van der Waals surface area (Å²) in [6.07, 6.45) is 10.0. The van der Waals surface area contributed by atoms with Crippen LogP contribution in [-0.2, 0) is 28.8 Å². The fourth-order valence-corrected chi connectivity index (χ4v) is 3.71. The molecule has 0 saturated heterocycles. The molecule has 0 N–H and O–H groups in total. The van der Waals surface area contributed by atoms with Gasteiger partial charge < -0.3 is 29.2 Å². The second-order valence-electron chi connectivity index (χ2n) is 9.79. The van der Waals surface area contributed by atoms with Crippen LogP contribution in [0.2, 0.25) is 13.1 Å². The monoisotopic (exact) mass is 610 g/mol. The molecular formula is C31H34Cl2OSiZr-2. The molecular weight excluding hydrogens is 579 g/mol. The Morgan fingerprint density at radius 3 is 2.11 bits per heavy atom. The molecule has 1 aliphatic carbocycles. The molecule has 0 aliphatic heterocycles. The molecule has 1 aromatic heterocycles. The van der Waals surface area contributed by atoms with Crippen LogP contribution in [0, 0.1) is 13.0 Å². The molecule has 1 aliphatic rings. The van der Waals surface area contributed by atoms with Crippen LogP contribution in [0.3, 0.4) is 0 Å². The van der Waals surface area contributed by atoms with Crippen molar-refractivity contribution in [1.29, 1.82) is 0 Å². The van der Waals surface area contributed by atoms with Gasteiger partial charge >= 0.3 is 41.9 Å². The number of halogens is 2. The van der Waals surface area contributed by atoms with E-state index >= 15 is 0 Å². The van der Waals surface area contributed by atoms with Gasteiger partial charge in [0.15, 0.2) is 0 Å². The van der Waals surface area contributed by atoms with Crippen molar-refractivity contribution >= 4 is 16.2 Å². The van der Waals surface area contributed by atoms with E-state index < -0.39 is 0 Å². The molecule has 0 fully saturated rings. The molecule has 4 aromatic rings. The summed E-state index contributed by atoms with van der Waals surface area (Å²) in [6, 6.07) is 24.0. The molecule has 36 heavy (non-hydrogen) atoms. The van der Waals surface area contributed by atoms with Crippen LogP contribution in [0.25, 0.3) is 33.2 Å². The van der Waals surface area contributed by atoms with E-state index in [2.05, 4.69) is 101 Å². The van der Waals surface area contributed by atoms with Crippen LogP contribution < -0.4 is 24.8 Å². The smallest absolute Gasteiger partial charge is 0.0896 e. The number of hydrogen-bond acceptors (Lipinski definition) is 1.